The summed E-state index contributed by atoms with van der Waals surface area (Å²) < 4.78 is 1.58. The Labute approximate surface area is 171 Å². The van der Waals surface area contributed by atoms with Crippen molar-refractivity contribution in [1.82, 2.24) is 15.1 Å². The van der Waals surface area contributed by atoms with E-state index in [1.807, 2.05) is 18.3 Å². The van der Waals surface area contributed by atoms with Gasteiger partial charge in [-0.1, -0.05) is 24.3 Å². The summed E-state index contributed by atoms with van der Waals surface area (Å²) in [4.78, 5) is 27.0. The summed E-state index contributed by atoms with van der Waals surface area (Å²) in [6, 6.07) is 9.83. The lowest BCUT2D eigenvalue weighted by Gasteiger charge is -2.34. The van der Waals surface area contributed by atoms with E-state index in [0.717, 1.165) is 43.7 Å². The van der Waals surface area contributed by atoms with E-state index in [9.17, 15) is 9.59 Å². The zero-order valence-electron chi connectivity index (χ0n) is 17.1. The zero-order valence-corrected chi connectivity index (χ0v) is 17.1. The molecule has 1 aliphatic carbocycles. The minimum atomic E-state index is -0.0208. The second-order valence-electron chi connectivity index (χ2n) is 8.54. The number of rotatable bonds is 7. The van der Waals surface area contributed by atoms with Crippen LogP contribution in [0.2, 0.25) is 0 Å². The van der Waals surface area contributed by atoms with Crippen molar-refractivity contribution in [2.24, 2.45) is 11.8 Å². The molecule has 1 aromatic heterocycles. The highest BCUT2D eigenvalue weighted by atomic mass is 16.1. The van der Waals surface area contributed by atoms with Crippen molar-refractivity contribution < 1.29 is 4.79 Å². The normalized spacial score (nSPS) is 19.2. The van der Waals surface area contributed by atoms with Crippen molar-refractivity contribution >= 4 is 11.6 Å². The van der Waals surface area contributed by atoms with Gasteiger partial charge in [-0.3, -0.25) is 9.59 Å². The monoisotopic (exact) mass is 394 g/mol. The van der Waals surface area contributed by atoms with Crippen molar-refractivity contribution in [3.8, 4) is 0 Å². The molecule has 1 atom stereocenters. The van der Waals surface area contributed by atoms with Crippen LogP contribution < -0.4 is 15.8 Å². The molecule has 1 saturated heterocycles. The van der Waals surface area contributed by atoms with E-state index < -0.39 is 0 Å². The van der Waals surface area contributed by atoms with Crippen LogP contribution in [-0.4, -0.2) is 28.8 Å². The number of aryl methyl sites for hydroxylation is 1. The molecule has 2 aromatic rings. The molecule has 154 valence electrons. The lowest BCUT2D eigenvalue weighted by molar-refractivity contribution is -0.122. The molecule has 2 aliphatic rings. The second-order valence-corrected chi connectivity index (χ2v) is 8.54. The number of piperidine rings is 1. The van der Waals surface area contributed by atoms with Gasteiger partial charge in [0.1, 0.15) is 0 Å². The maximum Gasteiger partial charge on any atom is 0.268 e. The highest BCUT2D eigenvalue weighted by Gasteiger charge is 2.25. The first-order valence-electron chi connectivity index (χ1n) is 10.7. The van der Waals surface area contributed by atoms with Crippen molar-refractivity contribution in [1.29, 1.82) is 0 Å². The fraction of sp³-hybridized carbons (Fsp3) is 0.522. The van der Waals surface area contributed by atoms with Gasteiger partial charge in [-0.05, 0) is 55.6 Å². The van der Waals surface area contributed by atoms with E-state index in [4.69, 9.17) is 0 Å². The molecule has 1 saturated carbocycles. The molecular weight excluding hydrogens is 364 g/mol. The Bertz CT molecular complexity index is 919. The van der Waals surface area contributed by atoms with E-state index in [1.165, 1.54) is 18.4 Å². The van der Waals surface area contributed by atoms with Crippen LogP contribution in [0.4, 0.5) is 5.69 Å². The Kier molecular flexibility index (Phi) is 5.97. The van der Waals surface area contributed by atoms with Gasteiger partial charge in [0.15, 0.2) is 0 Å². The number of benzene rings is 1. The fourth-order valence-electron chi connectivity index (χ4n) is 4.08. The summed E-state index contributed by atoms with van der Waals surface area (Å²) in [7, 11) is 0. The summed E-state index contributed by atoms with van der Waals surface area (Å²) in [5.74, 6) is 1.02. The standard InChI is InChI=1S/C23H30N4O2/c1-17-5-2-3-7-20(17)13-24-22(28)11-19-6-4-10-26(15-19)21-12-23(29)27(25-14-21)16-18-8-9-18/h2-3,5,7,12,14,18-19H,4,6,8-11,13,15-16H2,1H3,(H,24,28). The first kappa shape index (κ1) is 19.7. The van der Waals surface area contributed by atoms with Crippen LogP contribution in [0, 0.1) is 18.8 Å². The molecule has 29 heavy (non-hydrogen) atoms. The maximum absolute atomic E-state index is 12.5. The summed E-state index contributed by atoms with van der Waals surface area (Å²) in [5.41, 5.74) is 3.21. The molecule has 1 amide bonds. The Hall–Kier alpha value is -2.63. The molecular formula is C23H30N4O2. The minimum Gasteiger partial charge on any atom is -0.370 e. The van der Waals surface area contributed by atoms with Crippen LogP contribution in [0.1, 0.15) is 43.2 Å². The van der Waals surface area contributed by atoms with Crippen LogP contribution in [0.15, 0.2) is 41.3 Å². The van der Waals surface area contributed by atoms with Gasteiger partial charge in [0, 0.05) is 38.7 Å². The van der Waals surface area contributed by atoms with Gasteiger partial charge in [-0.15, -0.1) is 0 Å². The molecule has 6 heteroatoms. The Balaban J connectivity index is 1.31. The van der Waals surface area contributed by atoms with Gasteiger partial charge in [0.05, 0.1) is 11.9 Å². The van der Waals surface area contributed by atoms with Crippen LogP contribution >= 0.6 is 0 Å². The smallest absolute Gasteiger partial charge is 0.268 e. The summed E-state index contributed by atoms with van der Waals surface area (Å²) in [5, 5.41) is 7.43. The number of carbonyl (C=O) groups is 1. The highest BCUT2D eigenvalue weighted by Crippen LogP contribution is 2.30. The molecule has 0 spiro atoms. The lowest BCUT2D eigenvalue weighted by Crippen LogP contribution is -2.39. The second kappa shape index (κ2) is 8.80. The van der Waals surface area contributed by atoms with E-state index in [1.54, 1.807) is 10.7 Å². The number of anilines is 1. The largest absolute Gasteiger partial charge is 0.370 e. The Morgan fingerprint density at radius 3 is 2.79 bits per heavy atom. The van der Waals surface area contributed by atoms with Gasteiger partial charge in [-0.2, -0.15) is 5.10 Å². The van der Waals surface area contributed by atoms with E-state index in [2.05, 4.69) is 34.4 Å². The average Bonchev–Trinajstić information content (AvgIpc) is 3.53. The third kappa shape index (κ3) is 5.25. The average molecular weight is 395 g/mol. The highest BCUT2D eigenvalue weighted by molar-refractivity contribution is 5.76. The maximum atomic E-state index is 12.5. The van der Waals surface area contributed by atoms with Gasteiger partial charge in [0.2, 0.25) is 5.91 Å². The molecule has 1 aliphatic heterocycles. The van der Waals surface area contributed by atoms with Crippen LogP contribution in [0.5, 0.6) is 0 Å². The van der Waals surface area contributed by atoms with Crippen molar-refractivity contribution in [3.05, 3.63) is 58.0 Å². The molecule has 2 heterocycles. The summed E-state index contributed by atoms with van der Waals surface area (Å²) >= 11 is 0. The molecule has 0 radical (unpaired) electrons. The van der Waals surface area contributed by atoms with Crippen LogP contribution in [0.3, 0.4) is 0 Å². The van der Waals surface area contributed by atoms with Gasteiger partial charge < -0.3 is 10.2 Å². The summed E-state index contributed by atoms with van der Waals surface area (Å²) in [6.07, 6.45) is 6.81. The number of carbonyl (C=O) groups excluding carboxylic acids is 1. The van der Waals surface area contributed by atoms with E-state index >= 15 is 0 Å². The quantitative estimate of drug-likeness (QED) is 0.784. The Morgan fingerprint density at radius 2 is 2.03 bits per heavy atom. The molecule has 4 rings (SSSR count). The molecule has 1 aromatic carbocycles. The lowest BCUT2D eigenvalue weighted by atomic mass is 9.94. The van der Waals surface area contributed by atoms with Gasteiger partial charge in [0.25, 0.3) is 5.56 Å². The predicted molar refractivity (Wildman–Crippen MR) is 114 cm³/mol. The molecule has 6 nitrogen and oxygen atoms in total. The van der Waals surface area contributed by atoms with E-state index in [-0.39, 0.29) is 11.5 Å². The SMILES string of the molecule is Cc1ccccc1CNC(=O)CC1CCCN(c2cnn(CC3CC3)c(=O)c2)C1. The van der Waals surface area contributed by atoms with Gasteiger partial charge >= 0.3 is 0 Å². The summed E-state index contributed by atoms with van der Waals surface area (Å²) in [6.45, 7) is 5.08. The number of hydrogen-bond acceptors (Lipinski definition) is 4. The van der Waals surface area contributed by atoms with Crippen molar-refractivity contribution in [3.63, 3.8) is 0 Å². The Morgan fingerprint density at radius 1 is 1.21 bits per heavy atom. The number of nitrogens with zero attached hydrogens (tertiary/aromatic N) is 3. The fourth-order valence-corrected chi connectivity index (χ4v) is 4.08. The van der Waals surface area contributed by atoms with Gasteiger partial charge in [-0.25, -0.2) is 4.68 Å². The number of aromatic nitrogens is 2. The molecule has 1 unspecified atom stereocenters. The topological polar surface area (TPSA) is 67.2 Å². The first-order chi connectivity index (χ1) is 14.1. The van der Waals surface area contributed by atoms with Crippen LogP contribution in [-0.2, 0) is 17.9 Å². The van der Waals surface area contributed by atoms with Crippen molar-refractivity contribution in [2.75, 3.05) is 18.0 Å². The third-order valence-corrected chi connectivity index (χ3v) is 6.08. The number of nitrogens with one attached hydrogen (secondary N) is 1. The molecule has 0 bridgehead atoms. The third-order valence-electron chi connectivity index (χ3n) is 6.08. The first-order valence-corrected chi connectivity index (χ1v) is 10.7. The predicted octanol–water partition coefficient (Wildman–Crippen LogP) is 2.88. The molecule has 1 N–H and O–H groups in total. The number of hydrogen-bond donors (Lipinski definition) is 1. The molecule has 2 fully saturated rings. The minimum absolute atomic E-state index is 0.0208. The van der Waals surface area contributed by atoms with Crippen LogP contribution in [0.25, 0.3) is 0 Å². The van der Waals surface area contributed by atoms with Crippen molar-refractivity contribution in [2.45, 2.75) is 52.1 Å². The van der Waals surface area contributed by atoms with E-state index in [0.29, 0.717) is 24.8 Å². The number of amides is 1. The zero-order chi connectivity index (χ0) is 20.2.